The maximum absolute atomic E-state index is 12.4. The summed E-state index contributed by atoms with van der Waals surface area (Å²) >= 11 is 0. The number of carboxylic acid groups (broad SMARTS) is 1. The third-order valence-electron chi connectivity index (χ3n) is 3.91. The molecule has 7 heteroatoms. The van der Waals surface area contributed by atoms with Gasteiger partial charge in [-0.3, -0.25) is 14.6 Å². The molecule has 0 aliphatic heterocycles. The molecule has 2 N–H and O–H groups in total. The van der Waals surface area contributed by atoms with Gasteiger partial charge in [-0.2, -0.15) is 0 Å². The Bertz CT molecular complexity index is 678. The molecule has 2 aromatic heterocycles. The summed E-state index contributed by atoms with van der Waals surface area (Å²) in [6.07, 6.45) is 4.12. The van der Waals surface area contributed by atoms with Crippen molar-refractivity contribution < 1.29 is 19.2 Å². The van der Waals surface area contributed by atoms with E-state index in [4.69, 9.17) is 9.63 Å². The van der Waals surface area contributed by atoms with Crippen LogP contribution in [0.4, 0.5) is 0 Å². The second-order valence-corrected chi connectivity index (χ2v) is 5.33. The fraction of sp³-hybridized carbons (Fsp3) is 0.375. The summed E-state index contributed by atoms with van der Waals surface area (Å²) in [6.45, 7) is 3.69. The van der Waals surface area contributed by atoms with Gasteiger partial charge in [-0.1, -0.05) is 19.0 Å². The largest absolute Gasteiger partial charge is 0.481 e. The third kappa shape index (κ3) is 3.94. The van der Waals surface area contributed by atoms with Crippen LogP contribution in [0.1, 0.15) is 43.6 Å². The Morgan fingerprint density at radius 1 is 1.35 bits per heavy atom. The van der Waals surface area contributed by atoms with Crippen molar-refractivity contribution in [2.24, 2.45) is 0 Å². The molecule has 0 aliphatic rings. The number of carboxylic acids is 1. The van der Waals surface area contributed by atoms with Crippen molar-refractivity contribution >= 4 is 11.9 Å². The predicted molar refractivity (Wildman–Crippen MR) is 82.8 cm³/mol. The van der Waals surface area contributed by atoms with Gasteiger partial charge < -0.3 is 14.9 Å². The smallest absolute Gasteiger partial charge is 0.305 e. The molecule has 1 amide bonds. The Labute approximate surface area is 133 Å². The number of aromatic nitrogens is 2. The number of hydrogen-bond donors (Lipinski definition) is 2. The molecule has 2 aromatic rings. The summed E-state index contributed by atoms with van der Waals surface area (Å²) in [5.74, 6) is -0.973. The van der Waals surface area contributed by atoms with Crippen molar-refractivity contribution in [2.75, 3.05) is 0 Å². The summed E-state index contributed by atoms with van der Waals surface area (Å²) in [5, 5.41) is 15.6. The molecule has 2 rings (SSSR count). The van der Waals surface area contributed by atoms with Crippen LogP contribution in [0.3, 0.4) is 0 Å². The minimum Gasteiger partial charge on any atom is -0.481 e. The molecule has 0 radical (unpaired) electrons. The summed E-state index contributed by atoms with van der Waals surface area (Å²) in [7, 11) is 0. The lowest BCUT2D eigenvalue weighted by Crippen LogP contribution is -2.49. The van der Waals surface area contributed by atoms with Gasteiger partial charge in [-0.15, -0.1) is 0 Å². The Morgan fingerprint density at radius 3 is 2.65 bits per heavy atom. The van der Waals surface area contributed by atoms with Crippen molar-refractivity contribution in [3.63, 3.8) is 0 Å². The van der Waals surface area contributed by atoms with Crippen LogP contribution >= 0.6 is 0 Å². The van der Waals surface area contributed by atoms with E-state index in [1.165, 1.54) is 6.07 Å². The molecule has 0 aliphatic carbocycles. The van der Waals surface area contributed by atoms with Gasteiger partial charge in [-0.25, -0.2) is 0 Å². The number of pyridine rings is 1. The second kappa shape index (κ2) is 7.04. The maximum atomic E-state index is 12.4. The Morgan fingerprint density at radius 2 is 2.09 bits per heavy atom. The average Bonchev–Trinajstić information content (AvgIpc) is 3.04. The van der Waals surface area contributed by atoms with Gasteiger partial charge in [0.1, 0.15) is 0 Å². The van der Waals surface area contributed by atoms with Crippen LogP contribution in [0, 0.1) is 0 Å². The van der Waals surface area contributed by atoms with E-state index >= 15 is 0 Å². The average molecular weight is 317 g/mol. The zero-order chi connectivity index (χ0) is 16.9. The SMILES string of the molecule is CCC(CC)(CC(=O)O)NC(=O)c1cc(-c2cccnc2)on1. The summed E-state index contributed by atoms with van der Waals surface area (Å²) < 4.78 is 5.17. The molecular weight excluding hydrogens is 298 g/mol. The lowest BCUT2D eigenvalue weighted by molar-refractivity contribution is -0.138. The van der Waals surface area contributed by atoms with Crippen molar-refractivity contribution in [2.45, 2.75) is 38.6 Å². The van der Waals surface area contributed by atoms with E-state index in [-0.39, 0.29) is 12.1 Å². The predicted octanol–water partition coefficient (Wildman–Crippen LogP) is 2.50. The van der Waals surface area contributed by atoms with Crippen molar-refractivity contribution in [1.82, 2.24) is 15.5 Å². The van der Waals surface area contributed by atoms with Gasteiger partial charge in [0, 0.05) is 24.0 Å². The number of hydrogen-bond acceptors (Lipinski definition) is 5. The monoisotopic (exact) mass is 317 g/mol. The Hall–Kier alpha value is -2.70. The Balaban J connectivity index is 2.17. The molecule has 0 fully saturated rings. The molecular formula is C16H19N3O4. The number of aliphatic carboxylic acids is 1. The molecule has 23 heavy (non-hydrogen) atoms. The van der Waals surface area contributed by atoms with Gasteiger partial charge in [0.15, 0.2) is 11.5 Å². The van der Waals surface area contributed by atoms with Crippen molar-refractivity contribution in [1.29, 1.82) is 0 Å². The van der Waals surface area contributed by atoms with E-state index in [1.807, 2.05) is 13.8 Å². The second-order valence-electron chi connectivity index (χ2n) is 5.33. The lowest BCUT2D eigenvalue weighted by atomic mass is 9.89. The minimum atomic E-state index is -0.954. The molecule has 2 heterocycles. The fourth-order valence-corrected chi connectivity index (χ4v) is 2.34. The number of amides is 1. The number of carbonyl (C=O) groups is 2. The molecule has 0 aromatic carbocycles. The van der Waals surface area contributed by atoms with Crippen LogP contribution in [0.15, 0.2) is 35.1 Å². The summed E-state index contributed by atoms with van der Waals surface area (Å²) in [6, 6.07) is 5.06. The molecule has 122 valence electrons. The van der Waals surface area contributed by atoms with Crippen LogP contribution in [0.25, 0.3) is 11.3 Å². The van der Waals surface area contributed by atoms with Crippen LogP contribution < -0.4 is 5.32 Å². The number of nitrogens with one attached hydrogen (secondary N) is 1. The number of carbonyl (C=O) groups excluding carboxylic acids is 1. The third-order valence-corrected chi connectivity index (χ3v) is 3.91. The normalized spacial score (nSPS) is 11.2. The number of rotatable bonds is 7. The first-order chi connectivity index (χ1) is 11.0. The molecule has 0 spiro atoms. The molecule has 0 saturated carbocycles. The summed E-state index contributed by atoms with van der Waals surface area (Å²) in [5.41, 5.74) is 0.0263. The van der Waals surface area contributed by atoms with Gasteiger partial charge in [-0.05, 0) is 25.0 Å². The first-order valence-corrected chi connectivity index (χ1v) is 7.41. The van der Waals surface area contributed by atoms with Gasteiger partial charge in [0.05, 0.1) is 12.0 Å². The zero-order valence-corrected chi connectivity index (χ0v) is 13.1. The Kier molecular flexibility index (Phi) is 5.10. The standard InChI is InChI=1S/C16H19N3O4/c1-3-16(4-2,9-14(20)21)18-15(22)12-8-13(23-19-12)11-6-5-7-17-10-11/h5-8,10H,3-4,9H2,1-2H3,(H,18,22)(H,20,21). The fourth-order valence-electron chi connectivity index (χ4n) is 2.34. The minimum absolute atomic E-state index is 0.112. The topological polar surface area (TPSA) is 105 Å². The first-order valence-electron chi connectivity index (χ1n) is 7.41. The van der Waals surface area contributed by atoms with Crippen LogP contribution in [-0.2, 0) is 4.79 Å². The molecule has 0 bridgehead atoms. The number of nitrogens with zero attached hydrogens (tertiary/aromatic N) is 2. The van der Waals surface area contributed by atoms with Crippen molar-refractivity contribution in [3.8, 4) is 11.3 Å². The highest BCUT2D eigenvalue weighted by molar-refractivity contribution is 5.93. The quantitative estimate of drug-likeness (QED) is 0.813. The molecule has 0 unspecified atom stereocenters. The summed E-state index contributed by atoms with van der Waals surface area (Å²) in [4.78, 5) is 27.4. The van der Waals surface area contributed by atoms with E-state index in [0.29, 0.717) is 24.2 Å². The highest BCUT2D eigenvalue weighted by Crippen LogP contribution is 2.22. The van der Waals surface area contributed by atoms with Gasteiger partial charge in [0.25, 0.3) is 5.91 Å². The van der Waals surface area contributed by atoms with Gasteiger partial charge >= 0.3 is 5.97 Å². The highest BCUT2D eigenvalue weighted by Gasteiger charge is 2.32. The van der Waals surface area contributed by atoms with E-state index in [0.717, 1.165) is 0 Å². The highest BCUT2D eigenvalue weighted by atomic mass is 16.5. The van der Waals surface area contributed by atoms with Crippen LogP contribution in [-0.4, -0.2) is 32.7 Å². The maximum Gasteiger partial charge on any atom is 0.305 e. The van der Waals surface area contributed by atoms with Crippen LogP contribution in [0.5, 0.6) is 0 Å². The van der Waals surface area contributed by atoms with Crippen LogP contribution in [0.2, 0.25) is 0 Å². The van der Waals surface area contributed by atoms with E-state index in [2.05, 4.69) is 15.5 Å². The molecule has 7 nitrogen and oxygen atoms in total. The zero-order valence-electron chi connectivity index (χ0n) is 13.1. The van der Waals surface area contributed by atoms with E-state index in [1.54, 1.807) is 24.5 Å². The first kappa shape index (κ1) is 16.7. The molecule has 0 atom stereocenters. The molecule has 0 saturated heterocycles. The van der Waals surface area contributed by atoms with Gasteiger partial charge in [0.2, 0.25) is 0 Å². The van der Waals surface area contributed by atoms with E-state index in [9.17, 15) is 9.59 Å². The lowest BCUT2D eigenvalue weighted by Gasteiger charge is -2.30. The van der Waals surface area contributed by atoms with E-state index < -0.39 is 17.4 Å². The van der Waals surface area contributed by atoms with Crippen molar-refractivity contribution in [3.05, 3.63) is 36.3 Å².